The maximum atomic E-state index is 12.7. The summed E-state index contributed by atoms with van der Waals surface area (Å²) in [6, 6.07) is 13.9. The molecule has 4 rings (SSSR count). The molecule has 1 atom stereocenters. The van der Waals surface area contributed by atoms with Crippen molar-refractivity contribution in [2.24, 2.45) is 0 Å². The number of nitrogens with zero attached hydrogens (tertiary/aromatic N) is 4. The quantitative estimate of drug-likeness (QED) is 0.691. The fourth-order valence-electron chi connectivity index (χ4n) is 3.42. The molecule has 1 aliphatic rings. The van der Waals surface area contributed by atoms with Crippen LogP contribution in [0.2, 0.25) is 0 Å². The lowest BCUT2D eigenvalue weighted by Gasteiger charge is -2.22. The number of hydrogen-bond donors (Lipinski definition) is 0. The highest BCUT2D eigenvalue weighted by Crippen LogP contribution is 2.31. The topological polar surface area (TPSA) is 50.5 Å². The van der Waals surface area contributed by atoms with Gasteiger partial charge in [-0.1, -0.05) is 35.9 Å². The lowest BCUT2D eigenvalue weighted by atomic mass is 10.1. The second-order valence-corrected chi connectivity index (χ2v) is 6.42. The normalized spacial score (nSPS) is 17.6. The van der Waals surface area contributed by atoms with Gasteiger partial charge in [0, 0.05) is 18.8 Å². The van der Waals surface area contributed by atoms with E-state index >= 15 is 0 Å². The van der Waals surface area contributed by atoms with E-state index in [2.05, 4.69) is 16.3 Å². The third-order valence-corrected chi connectivity index (χ3v) is 4.63. The number of likely N-dealkylation sites (tertiary alicyclic amines) is 1. The van der Waals surface area contributed by atoms with Crippen molar-refractivity contribution in [3.63, 3.8) is 0 Å². The van der Waals surface area contributed by atoms with Crippen molar-refractivity contribution >= 4 is 17.6 Å². The molecule has 1 amide bonds. The molecule has 0 N–H and O–H groups in total. The summed E-state index contributed by atoms with van der Waals surface area (Å²) in [5.41, 5.74) is 3.03. The molecule has 2 aromatic heterocycles. The van der Waals surface area contributed by atoms with E-state index < -0.39 is 0 Å². The Morgan fingerprint density at radius 1 is 1.20 bits per heavy atom. The summed E-state index contributed by atoms with van der Waals surface area (Å²) in [5, 5.41) is 8.55. The number of aromatic nitrogens is 3. The van der Waals surface area contributed by atoms with Crippen LogP contribution in [-0.4, -0.2) is 31.9 Å². The molecule has 1 aliphatic heterocycles. The Bertz CT molecular complexity index is 944. The fraction of sp³-hybridized carbons (Fsp3) is 0.250. The van der Waals surface area contributed by atoms with E-state index in [1.165, 1.54) is 5.56 Å². The fourth-order valence-corrected chi connectivity index (χ4v) is 3.42. The molecular formula is C20H20N4O. The number of rotatable bonds is 3. The van der Waals surface area contributed by atoms with Crippen LogP contribution in [0.4, 0.5) is 0 Å². The van der Waals surface area contributed by atoms with Gasteiger partial charge < -0.3 is 4.90 Å². The Hall–Kier alpha value is -2.95. The molecule has 0 bridgehead atoms. The van der Waals surface area contributed by atoms with Crippen molar-refractivity contribution in [3.8, 4) is 0 Å². The second-order valence-electron chi connectivity index (χ2n) is 6.42. The van der Waals surface area contributed by atoms with Crippen LogP contribution in [0.25, 0.3) is 11.7 Å². The van der Waals surface area contributed by atoms with E-state index in [-0.39, 0.29) is 11.9 Å². The van der Waals surface area contributed by atoms with Gasteiger partial charge in [0.1, 0.15) is 0 Å². The number of carbonyl (C=O) groups excluding carboxylic acids is 1. The monoisotopic (exact) mass is 332 g/mol. The van der Waals surface area contributed by atoms with E-state index in [1.54, 1.807) is 6.08 Å². The summed E-state index contributed by atoms with van der Waals surface area (Å²) < 4.78 is 1.97. The molecule has 126 valence electrons. The molecule has 0 radical (unpaired) electrons. The SMILES string of the molecule is Cc1cccc(C=CC(=O)N2CCCC2c2nnc3ccccn23)c1. The molecule has 1 unspecified atom stereocenters. The first-order valence-electron chi connectivity index (χ1n) is 8.57. The minimum atomic E-state index is -0.0212. The van der Waals surface area contributed by atoms with Gasteiger partial charge >= 0.3 is 0 Å². The van der Waals surface area contributed by atoms with E-state index in [0.717, 1.165) is 36.4 Å². The van der Waals surface area contributed by atoms with Crippen molar-refractivity contribution in [1.29, 1.82) is 0 Å². The standard InChI is InChI=1S/C20H20N4O/c1-15-6-4-7-16(14-15)10-11-19(25)23-13-5-8-17(23)20-22-21-18-9-2-3-12-24(18)20/h2-4,6-7,9-12,14,17H,5,8,13H2,1H3. The summed E-state index contributed by atoms with van der Waals surface area (Å²) in [4.78, 5) is 14.6. The largest absolute Gasteiger partial charge is 0.329 e. The summed E-state index contributed by atoms with van der Waals surface area (Å²) in [5.74, 6) is 0.863. The second kappa shape index (κ2) is 6.51. The first-order chi connectivity index (χ1) is 12.2. The smallest absolute Gasteiger partial charge is 0.247 e. The molecule has 3 aromatic rings. The highest BCUT2D eigenvalue weighted by molar-refractivity contribution is 5.92. The summed E-state index contributed by atoms with van der Waals surface area (Å²) in [6.45, 7) is 2.80. The minimum Gasteiger partial charge on any atom is -0.329 e. The summed E-state index contributed by atoms with van der Waals surface area (Å²) in [6.07, 6.45) is 7.40. The Kier molecular flexibility index (Phi) is 4.06. The van der Waals surface area contributed by atoms with Crippen LogP contribution in [0, 0.1) is 6.92 Å². The third kappa shape index (κ3) is 3.05. The van der Waals surface area contributed by atoms with Crippen molar-refractivity contribution in [2.45, 2.75) is 25.8 Å². The molecule has 1 aromatic carbocycles. The zero-order chi connectivity index (χ0) is 17.2. The van der Waals surface area contributed by atoms with Crippen LogP contribution in [0.5, 0.6) is 0 Å². The number of carbonyl (C=O) groups is 1. The maximum Gasteiger partial charge on any atom is 0.247 e. The predicted octanol–water partition coefficient (Wildman–Crippen LogP) is 3.41. The van der Waals surface area contributed by atoms with Gasteiger partial charge in [-0.2, -0.15) is 0 Å². The van der Waals surface area contributed by atoms with Gasteiger partial charge in [-0.15, -0.1) is 10.2 Å². The Labute approximate surface area is 146 Å². The molecule has 5 heteroatoms. The van der Waals surface area contributed by atoms with Gasteiger partial charge in [-0.05, 0) is 43.5 Å². The van der Waals surface area contributed by atoms with Gasteiger partial charge in [0.05, 0.1) is 6.04 Å². The van der Waals surface area contributed by atoms with Gasteiger partial charge in [0.2, 0.25) is 5.91 Å². The average Bonchev–Trinajstić information content (AvgIpc) is 3.26. The lowest BCUT2D eigenvalue weighted by Crippen LogP contribution is -2.30. The maximum absolute atomic E-state index is 12.7. The predicted molar refractivity (Wildman–Crippen MR) is 96.9 cm³/mol. The highest BCUT2D eigenvalue weighted by atomic mass is 16.2. The van der Waals surface area contributed by atoms with Crippen LogP contribution in [0.1, 0.15) is 35.8 Å². The van der Waals surface area contributed by atoms with Crippen molar-refractivity contribution < 1.29 is 4.79 Å². The highest BCUT2D eigenvalue weighted by Gasteiger charge is 2.32. The Morgan fingerprint density at radius 2 is 2.12 bits per heavy atom. The molecule has 1 fully saturated rings. The van der Waals surface area contributed by atoms with E-state index in [9.17, 15) is 4.79 Å². The number of pyridine rings is 1. The molecular weight excluding hydrogens is 312 g/mol. The molecule has 0 aliphatic carbocycles. The number of benzene rings is 1. The Balaban J connectivity index is 1.58. The molecule has 3 heterocycles. The molecule has 1 saturated heterocycles. The minimum absolute atomic E-state index is 0.0212. The van der Waals surface area contributed by atoms with E-state index in [0.29, 0.717) is 0 Å². The van der Waals surface area contributed by atoms with E-state index in [1.807, 2.05) is 64.9 Å². The van der Waals surface area contributed by atoms with E-state index in [4.69, 9.17) is 0 Å². The van der Waals surface area contributed by atoms with Crippen LogP contribution in [0.3, 0.4) is 0 Å². The molecule has 0 spiro atoms. The molecule has 5 nitrogen and oxygen atoms in total. The molecule has 25 heavy (non-hydrogen) atoms. The first kappa shape index (κ1) is 15.6. The summed E-state index contributed by atoms with van der Waals surface area (Å²) >= 11 is 0. The van der Waals surface area contributed by atoms with Gasteiger partial charge in [-0.3, -0.25) is 9.20 Å². The average molecular weight is 332 g/mol. The van der Waals surface area contributed by atoms with Crippen molar-refractivity contribution in [2.75, 3.05) is 6.54 Å². The van der Waals surface area contributed by atoms with Gasteiger partial charge in [-0.25, -0.2) is 0 Å². The third-order valence-electron chi connectivity index (χ3n) is 4.63. The van der Waals surface area contributed by atoms with Crippen LogP contribution >= 0.6 is 0 Å². The van der Waals surface area contributed by atoms with Gasteiger partial charge in [0.15, 0.2) is 11.5 Å². The molecule has 0 saturated carbocycles. The number of hydrogen-bond acceptors (Lipinski definition) is 3. The lowest BCUT2D eigenvalue weighted by molar-refractivity contribution is -0.127. The van der Waals surface area contributed by atoms with Crippen molar-refractivity contribution in [3.05, 3.63) is 71.7 Å². The van der Waals surface area contributed by atoms with Crippen LogP contribution < -0.4 is 0 Å². The number of amides is 1. The number of aryl methyl sites for hydroxylation is 1. The van der Waals surface area contributed by atoms with Crippen LogP contribution in [-0.2, 0) is 4.79 Å². The Morgan fingerprint density at radius 3 is 3.00 bits per heavy atom. The number of fused-ring (bicyclic) bond motifs is 1. The summed E-state index contributed by atoms with van der Waals surface area (Å²) in [7, 11) is 0. The zero-order valence-electron chi connectivity index (χ0n) is 14.2. The zero-order valence-corrected chi connectivity index (χ0v) is 14.2. The first-order valence-corrected chi connectivity index (χ1v) is 8.57. The van der Waals surface area contributed by atoms with Crippen LogP contribution in [0.15, 0.2) is 54.7 Å². The van der Waals surface area contributed by atoms with Crippen molar-refractivity contribution in [1.82, 2.24) is 19.5 Å². The van der Waals surface area contributed by atoms with Gasteiger partial charge in [0.25, 0.3) is 0 Å².